The van der Waals surface area contributed by atoms with Crippen molar-refractivity contribution in [2.45, 2.75) is 39.5 Å². The predicted molar refractivity (Wildman–Crippen MR) is 55.1 cm³/mol. The molecule has 0 atom stereocenters. The third kappa shape index (κ3) is 2.20. The molecule has 0 unspecified atom stereocenters. The van der Waals surface area contributed by atoms with Crippen LogP contribution in [0.25, 0.3) is 0 Å². The van der Waals surface area contributed by atoms with Crippen LogP contribution in [0.2, 0.25) is 0 Å². The van der Waals surface area contributed by atoms with Gasteiger partial charge < -0.3 is 4.98 Å². The number of nitrogens with one attached hydrogen (secondary N) is 1. The number of rotatable bonds is 1. The first-order valence-electron chi connectivity index (χ1n) is 4.67. The number of aryl methyl sites for hydroxylation is 1. The Balaban J connectivity index is 3.30. The molecule has 0 amide bonds. The fourth-order valence-electron chi connectivity index (χ4n) is 1.50. The Kier molecular flexibility index (Phi) is 2.60. The van der Waals surface area contributed by atoms with E-state index in [2.05, 4.69) is 32.7 Å². The zero-order valence-corrected chi connectivity index (χ0v) is 8.77. The van der Waals surface area contributed by atoms with Crippen LogP contribution in [0.3, 0.4) is 0 Å². The number of H-pyrrole nitrogens is 1. The molecule has 2 nitrogen and oxygen atoms in total. The number of hydrogen-bond acceptors (Lipinski definition) is 1. The van der Waals surface area contributed by atoms with Crippen LogP contribution in [0.15, 0.2) is 17.1 Å². The van der Waals surface area contributed by atoms with Gasteiger partial charge in [0.25, 0.3) is 0 Å². The fourth-order valence-corrected chi connectivity index (χ4v) is 1.50. The first-order valence-corrected chi connectivity index (χ1v) is 4.67. The lowest BCUT2D eigenvalue weighted by molar-refractivity contribution is 0.579. The zero-order chi connectivity index (χ0) is 10.1. The van der Waals surface area contributed by atoms with Crippen molar-refractivity contribution in [3.63, 3.8) is 0 Å². The summed E-state index contributed by atoms with van der Waals surface area (Å²) in [5, 5.41) is 0. The summed E-state index contributed by atoms with van der Waals surface area (Å²) in [6.45, 7) is 8.53. The predicted octanol–water partition coefficient (Wildman–Crippen LogP) is 2.23. The quantitative estimate of drug-likeness (QED) is 0.704. The summed E-state index contributed by atoms with van der Waals surface area (Å²) in [6.07, 6.45) is 2.75. The van der Waals surface area contributed by atoms with E-state index < -0.39 is 0 Å². The SMILES string of the molecule is CCc1cc(=O)[nH]cc1C(C)(C)C. The highest BCUT2D eigenvalue weighted by atomic mass is 16.1. The maximum Gasteiger partial charge on any atom is 0.248 e. The molecule has 0 aromatic carbocycles. The van der Waals surface area contributed by atoms with Crippen molar-refractivity contribution in [2.75, 3.05) is 0 Å². The maximum absolute atomic E-state index is 11.1. The minimum absolute atomic E-state index is 0.00940. The molecule has 1 heterocycles. The molecule has 2 heteroatoms. The van der Waals surface area contributed by atoms with E-state index in [-0.39, 0.29) is 11.0 Å². The average molecular weight is 179 g/mol. The highest BCUT2D eigenvalue weighted by Gasteiger charge is 2.17. The van der Waals surface area contributed by atoms with Gasteiger partial charge in [-0.15, -0.1) is 0 Å². The van der Waals surface area contributed by atoms with Gasteiger partial charge in [-0.25, -0.2) is 0 Å². The molecule has 1 rings (SSSR count). The van der Waals surface area contributed by atoms with Crippen molar-refractivity contribution in [2.24, 2.45) is 0 Å². The van der Waals surface area contributed by atoms with Crippen molar-refractivity contribution < 1.29 is 0 Å². The summed E-state index contributed by atoms with van der Waals surface area (Å²) in [7, 11) is 0. The van der Waals surface area contributed by atoms with Gasteiger partial charge in [0.15, 0.2) is 0 Å². The standard InChI is InChI=1S/C11H17NO/c1-5-8-6-10(13)12-7-9(8)11(2,3)4/h6-7H,5H2,1-4H3,(H,12,13). The van der Waals surface area contributed by atoms with Crippen molar-refractivity contribution in [1.29, 1.82) is 0 Å². The van der Waals surface area contributed by atoms with Gasteiger partial charge in [-0.05, 0) is 23.0 Å². The minimum Gasteiger partial charge on any atom is -0.329 e. The van der Waals surface area contributed by atoms with Gasteiger partial charge in [-0.3, -0.25) is 4.79 Å². The molecule has 0 saturated carbocycles. The van der Waals surface area contributed by atoms with Crippen LogP contribution in [0.4, 0.5) is 0 Å². The van der Waals surface area contributed by atoms with Gasteiger partial charge in [0.2, 0.25) is 5.56 Å². The van der Waals surface area contributed by atoms with Crippen LogP contribution in [0, 0.1) is 0 Å². The van der Waals surface area contributed by atoms with Gasteiger partial charge >= 0.3 is 0 Å². The third-order valence-corrected chi connectivity index (χ3v) is 2.20. The van der Waals surface area contributed by atoms with Crippen molar-refractivity contribution >= 4 is 0 Å². The second-order valence-corrected chi connectivity index (χ2v) is 4.34. The topological polar surface area (TPSA) is 32.9 Å². The molecule has 0 fully saturated rings. The second-order valence-electron chi connectivity index (χ2n) is 4.34. The van der Waals surface area contributed by atoms with Crippen LogP contribution >= 0.6 is 0 Å². The normalized spacial score (nSPS) is 11.7. The number of aromatic nitrogens is 1. The second kappa shape index (κ2) is 3.36. The van der Waals surface area contributed by atoms with Crippen LogP contribution in [-0.2, 0) is 11.8 Å². The Bertz CT molecular complexity index is 344. The summed E-state index contributed by atoms with van der Waals surface area (Å²) >= 11 is 0. The third-order valence-electron chi connectivity index (χ3n) is 2.20. The van der Waals surface area contributed by atoms with Gasteiger partial charge in [0, 0.05) is 12.3 Å². The van der Waals surface area contributed by atoms with Crippen LogP contribution in [0.1, 0.15) is 38.8 Å². The van der Waals surface area contributed by atoms with E-state index in [1.807, 2.05) is 6.20 Å². The van der Waals surface area contributed by atoms with E-state index in [9.17, 15) is 4.79 Å². The molecular formula is C11H17NO. The van der Waals surface area contributed by atoms with E-state index in [0.29, 0.717) is 0 Å². The first kappa shape index (κ1) is 10.0. The molecule has 0 aliphatic carbocycles. The van der Waals surface area contributed by atoms with E-state index in [1.165, 1.54) is 5.56 Å². The number of aromatic amines is 1. The Labute approximate surface area is 79.0 Å². The molecule has 13 heavy (non-hydrogen) atoms. The Hall–Kier alpha value is -1.05. The largest absolute Gasteiger partial charge is 0.329 e. The molecule has 0 radical (unpaired) electrons. The molecule has 0 aliphatic rings. The first-order chi connectivity index (χ1) is 5.95. The Morgan fingerprint density at radius 2 is 2.00 bits per heavy atom. The van der Waals surface area contributed by atoms with Gasteiger partial charge in [-0.1, -0.05) is 27.7 Å². The molecule has 0 spiro atoms. The molecule has 0 saturated heterocycles. The summed E-state index contributed by atoms with van der Waals surface area (Å²) in [4.78, 5) is 13.8. The van der Waals surface area contributed by atoms with E-state index in [0.717, 1.165) is 12.0 Å². The van der Waals surface area contributed by atoms with Crippen molar-refractivity contribution in [3.8, 4) is 0 Å². The van der Waals surface area contributed by atoms with E-state index >= 15 is 0 Å². The summed E-state index contributed by atoms with van der Waals surface area (Å²) in [6, 6.07) is 1.70. The van der Waals surface area contributed by atoms with Crippen molar-refractivity contribution in [3.05, 3.63) is 33.7 Å². The zero-order valence-electron chi connectivity index (χ0n) is 8.77. The monoisotopic (exact) mass is 179 g/mol. The summed E-state index contributed by atoms with van der Waals surface area (Å²) < 4.78 is 0. The highest BCUT2D eigenvalue weighted by Crippen LogP contribution is 2.24. The lowest BCUT2D eigenvalue weighted by atomic mass is 9.84. The summed E-state index contributed by atoms with van der Waals surface area (Å²) in [5.41, 5.74) is 2.48. The molecule has 0 bridgehead atoms. The molecule has 1 aromatic rings. The number of pyridine rings is 1. The smallest absolute Gasteiger partial charge is 0.248 e. The Morgan fingerprint density at radius 3 is 2.46 bits per heavy atom. The molecular weight excluding hydrogens is 162 g/mol. The lowest BCUT2D eigenvalue weighted by Crippen LogP contribution is -2.18. The summed E-state index contributed by atoms with van der Waals surface area (Å²) in [5.74, 6) is 0. The highest BCUT2D eigenvalue weighted by molar-refractivity contribution is 5.29. The van der Waals surface area contributed by atoms with Crippen LogP contribution < -0.4 is 5.56 Å². The van der Waals surface area contributed by atoms with Gasteiger partial charge in [-0.2, -0.15) is 0 Å². The molecule has 0 aliphatic heterocycles. The van der Waals surface area contributed by atoms with Crippen molar-refractivity contribution in [1.82, 2.24) is 4.98 Å². The van der Waals surface area contributed by atoms with Crippen LogP contribution in [0.5, 0.6) is 0 Å². The van der Waals surface area contributed by atoms with E-state index in [4.69, 9.17) is 0 Å². The van der Waals surface area contributed by atoms with E-state index in [1.54, 1.807) is 6.07 Å². The number of hydrogen-bond donors (Lipinski definition) is 1. The molecule has 1 N–H and O–H groups in total. The van der Waals surface area contributed by atoms with Gasteiger partial charge in [0.1, 0.15) is 0 Å². The Morgan fingerprint density at radius 1 is 1.38 bits per heavy atom. The van der Waals surface area contributed by atoms with Crippen LogP contribution in [-0.4, -0.2) is 4.98 Å². The minimum atomic E-state index is -0.00940. The lowest BCUT2D eigenvalue weighted by Gasteiger charge is -2.21. The molecule has 72 valence electrons. The maximum atomic E-state index is 11.1. The average Bonchev–Trinajstić information content (AvgIpc) is 2.01. The van der Waals surface area contributed by atoms with Gasteiger partial charge in [0.05, 0.1) is 0 Å². The fraction of sp³-hybridized carbons (Fsp3) is 0.545. The molecule has 1 aromatic heterocycles.